The van der Waals surface area contributed by atoms with E-state index < -0.39 is 0 Å². The van der Waals surface area contributed by atoms with E-state index in [1.807, 2.05) is 0 Å². The fraction of sp³-hybridized carbons (Fsp3) is 0. The van der Waals surface area contributed by atoms with Gasteiger partial charge in [-0.2, -0.15) is 0 Å². The predicted molar refractivity (Wildman–Crippen MR) is 26.8 cm³/mol. The Bertz CT molecular complexity index is 11.7. The Kier molecular flexibility index (Phi) is 4570. The zero-order valence-corrected chi connectivity index (χ0v) is 6.46. The summed E-state index contributed by atoms with van der Waals surface area (Å²) in [7, 11) is 0. The van der Waals surface area contributed by atoms with Gasteiger partial charge in [-0.25, -0.2) is 0 Å². The Morgan fingerprint density at radius 3 is 0.667 bits per heavy atom. The van der Waals surface area contributed by atoms with Crippen molar-refractivity contribution in [2.24, 2.45) is 0 Å². The van der Waals surface area contributed by atoms with Gasteiger partial charge >= 0.3 is 35.9 Å². The van der Waals surface area contributed by atoms with E-state index in [0.29, 0.717) is 0 Å². The summed E-state index contributed by atoms with van der Waals surface area (Å²) in [4.78, 5) is 0. The molecule has 0 aromatic rings. The Hall–Kier alpha value is 1.12. The van der Waals surface area contributed by atoms with Crippen molar-refractivity contribution in [3.05, 3.63) is 29.7 Å². The topological polar surface area (TPSA) is 0 Å². The molecule has 0 atom stereocenters. The van der Waals surface area contributed by atoms with E-state index in [9.17, 15) is 0 Å². The molecule has 0 heterocycles. The molecule has 0 rings (SSSR count). The van der Waals surface area contributed by atoms with E-state index >= 15 is 0 Å². The summed E-state index contributed by atoms with van der Waals surface area (Å²) in [6.45, 7) is 0. The van der Waals surface area contributed by atoms with Gasteiger partial charge in [-0.15, -0.1) is 0 Å². The van der Waals surface area contributed by atoms with E-state index in [1.165, 1.54) is 0 Å². The van der Waals surface area contributed by atoms with Gasteiger partial charge in [0, 0.05) is 0 Å². The number of hydrogen-bond donors (Lipinski definition) is 0. The number of rotatable bonds is 0. The van der Waals surface area contributed by atoms with Gasteiger partial charge in [0.2, 0.25) is 0 Å². The predicted octanol–water partition coefficient (Wildman–Crippen LogP) is -1.08. The molecule has 2 heteroatoms. The summed E-state index contributed by atoms with van der Waals surface area (Å²) in [6.07, 6.45) is 0. The second-order valence-electron chi connectivity index (χ2n) is 0. The van der Waals surface area contributed by atoms with Gasteiger partial charge < -0.3 is 31.1 Å². The van der Waals surface area contributed by atoms with Crippen LogP contribution in [0.25, 0.3) is 0 Å². The molecule has 0 aromatic carbocycles. The molecule has 0 amide bonds. The maximum atomic E-state index is 0. The molecule has 0 saturated heterocycles. The second kappa shape index (κ2) is 128. The molecule has 0 fully saturated rings. The van der Waals surface area contributed by atoms with Crippen LogP contribution in [-0.4, -0.2) is 0 Å². The summed E-state index contributed by atoms with van der Waals surface area (Å²) >= 11 is 0. The monoisotopic (exact) mass is 124 g/mol. The van der Waals surface area contributed by atoms with Crippen molar-refractivity contribution in [1.82, 2.24) is 0 Å². The van der Waals surface area contributed by atoms with Gasteiger partial charge in [-0.3, -0.25) is 0 Å². The van der Waals surface area contributed by atoms with E-state index in [0.717, 1.165) is 0 Å². The average molecular weight is 124 g/mol. The van der Waals surface area contributed by atoms with Crippen LogP contribution in [0.4, 0.5) is 0 Å². The van der Waals surface area contributed by atoms with Crippen molar-refractivity contribution in [2.75, 3.05) is 0 Å². The Morgan fingerprint density at radius 1 is 0.667 bits per heavy atom. The van der Waals surface area contributed by atoms with Gasteiger partial charge in [0.1, 0.15) is 0 Å². The molecule has 38 valence electrons. The van der Waals surface area contributed by atoms with Crippen LogP contribution in [0, 0.1) is 29.7 Å². The van der Waals surface area contributed by atoms with E-state index in [2.05, 4.69) is 0 Å². The normalized spacial score (nSPS) is 0. The van der Waals surface area contributed by atoms with Crippen molar-refractivity contribution >= 4 is 0 Å². The Labute approximate surface area is 67.2 Å². The molecule has 0 radical (unpaired) electrons. The molecule has 0 aliphatic carbocycles. The van der Waals surface area contributed by atoms with Crippen molar-refractivity contribution < 1.29 is 37.4 Å². The van der Waals surface area contributed by atoms with Crippen LogP contribution in [0.1, 0.15) is 1.43 Å². The minimum atomic E-state index is 0. The average Bonchev–Trinajstić information content (AvgIpc) is 0. The van der Waals surface area contributed by atoms with Crippen LogP contribution in [0.2, 0.25) is 0 Å². The van der Waals surface area contributed by atoms with Crippen LogP contribution < -0.4 is 18.9 Å². The van der Waals surface area contributed by atoms with Crippen molar-refractivity contribution in [1.29, 1.82) is 0 Å². The van der Waals surface area contributed by atoms with Crippen LogP contribution in [0.5, 0.6) is 0 Å². The first kappa shape index (κ1) is 213. The van der Waals surface area contributed by atoms with Gasteiger partial charge in [-0.1, -0.05) is 0 Å². The first-order valence-corrected chi connectivity index (χ1v) is 0. The van der Waals surface area contributed by atoms with Gasteiger partial charge in [0.15, 0.2) is 0 Å². The minimum absolute atomic E-state index is 0. The quantitative estimate of drug-likeness (QED) is 0.284. The van der Waals surface area contributed by atoms with E-state index in [1.54, 1.807) is 0 Å². The van der Waals surface area contributed by atoms with Crippen LogP contribution in [0.3, 0.4) is 0 Å². The molecule has 0 aromatic heterocycles. The maximum Gasteiger partial charge on any atom is 4.00 e. The minimum Gasteiger partial charge on any atom is -1.00 e. The smallest absolute Gasteiger partial charge is 1.00 e. The SMILES string of the molecule is [CH3-].[CH3-].[CH3-].[CH3-].[Fe+4].[H-].[Li+]. The molecule has 0 saturated carbocycles. The van der Waals surface area contributed by atoms with Crippen LogP contribution >= 0.6 is 0 Å². The standard InChI is InChI=1S/4CH3.Fe.Li.H/h4*1H3;;;/q4*-1;+4;+1;-1. The molecule has 0 bridgehead atoms. The second-order valence-corrected chi connectivity index (χ2v) is 0. The van der Waals surface area contributed by atoms with Crippen LogP contribution in [-0.2, 0) is 17.1 Å². The third kappa shape index (κ3) is 69.5. The third-order valence-electron chi connectivity index (χ3n) is 0. The van der Waals surface area contributed by atoms with Crippen LogP contribution in [0.15, 0.2) is 0 Å². The Morgan fingerprint density at radius 2 is 0.667 bits per heavy atom. The molecule has 0 aliphatic rings. The van der Waals surface area contributed by atoms with Gasteiger partial charge in [-0.05, 0) is 0 Å². The zero-order chi connectivity index (χ0) is 0. The van der Waals surface area contributed by atoms with Crippen molar-refractivity contribution in [3.8, 4) is 0 Å². The van der Waals surface area contributed by atoms with Gasteiger partial charge in [0.05, 0.1) is 0 Å². The zero-order valence-electron chi connectivity index (χ0n) is 6.35. The summed E-state index contributed by atoms with van der Waals surface area (Å²) in [6, 6.07) is 0. The van der Waals surface area contributed by atoms with Gasteiger partial charge in [0.25, 0.3) is 0 Å². The summed E-state index contributed by atoms with van der Waals surface area (Å²) in [5.74, 6) is 0. The molecular formula is C4H13FeLi. The number of hydrogen-bond acceptors (Lipinski definition) is 0. The maximum absolute atomic E-state index is 0. The molecule has 0 nitrogen and oxygen atoms in total. The Balaban J connectivity index is 0. The largest absolute Gasteiger partial charge is 4.00 e. The molecule has 0 spiro atoms. The molecule has 6 heavy (non-hydrogen) atoms. The fourth-order valence-electron chi connectivity index (χ4n) is 0. The summed E-state index contributed by atoms with van der Waals surface area (Å²) < 4.78 is 0. The summed E-state index contributed by atoms with van der Waals surface area (Å²) in [5.41, 5.74) is 0. The molecule has 0 aliphatic heterocycles. The molecule has 0 N–H and O–H groups in total. The van der Waals surface area contributed by atoms with E-state index in [4.69, 9.17) is 0 Å². The fourth-order valence-corrected chi connectivity index (χ4v) is 0. The molecule has 0 unspecified atom stereocenters. The first-order chi connectivity index (χ1) is 0. The van der Waals surface area contributed by atoms with Crippen molar-refractivity contribution in [2.45, 2.75) is 0 Å². The first-order valence-electron chi connectivity index (χ1n) is 0. The summed E-state index contributed by atoms with van der Waals surface area (Å²) in [5, 5.41) is 0. The van der Waals surface area contributed by atoms with Crippen molar-refractivity contribution in [3.63, 3.8) is 0 Å². The molecular weight excluding hydrogens is 111 g/mol. The van der Waals surface area contributed by atoms with E-state index in [-0.39, 0.29) is 67.1 Å². The third-order valence-corrected chi connectivity index (χ3v) is 0.